The van der Waals surface area contributed by atoms with E-state index in [2.05, 4.69) is 30.0 Å². The van der Waals surface area contributed by atoms with Gasteiger partial charge in [0, 0.05) is 18.0 Å². The molecule has 1 saturated carbocycles. The van der Waals surface area contributed by atoms with Crippen LogP contribution in [0.2, 0.25) is 0 Å². The number of hydrogen-bond donors (Lipinski definition) is 1. The summed E-state index contributed by atoms with van der Waals surface area (Å²) < 4.78 is 5.17. The molecule has 0 spiro atoms. The molecule has 160 valence electrons. The summed E-state index contributed by atoms with van der Waals surface area (Å²) in [6.07, 6.45) is 5.30. The van der Waals surface area contributed by atoms with E-state index in [1.165, 1.54) is 37.5 Å². The van der Waals surface area contributed by atoms with Gasteiger partial charge in [-0.1, -0.05) is 55.8 Å². The van der Waals surface area contributed by atoms with E-state index in [4.69, 9.17) is 4.74 Å². The lowest BCUT2D eigenvalue weighted by molar-refractivity contribution is -0.147. The topological polar surface area (TPSA) is 49.8 Å². The number of piperidine rings is 1. The van der Waals surface area contributed by atoms with Crippen molar-refractivity contribution in [3.05, 3.63) is 65.7 Å². The van der Waals surface area contributed by atoms with E-state index in [0.29, 0.717) is 24.1 Å². The van der Waals surface area contributed by atoms with Crippen LogP contribution in [0.15, 0.2) is 54.6 Å². The summed E-state index contributed by atoms with van der Waals surface area (Å²) in [5, 5.41) is 10.1. The Balaban J connectivity index is 1.54. The second kappa shape index (κ2) is 8.81. The van der Waals surface area contributed by atoms with Crippen molar-refractivity contribution in [2.75, 3.05) is 20.2 Å². The molecule has 3 unspecified atom stereocenters. The average molecular weight is 408 g/mol. The highest BCUT2D eigenvalue weighted by atomic mass is 16.5. The summed E-state index contributed by atoms with van der Waals surface area (Å²) in [5.74, 6) is 0.566. The number of esters is 1. The summed E-state index contributed by atoms with van der Waals surface area (Å²) in [5.41, 5.74) is 2.57. The Hall–Kier alpha value is -2.33. The Bertz CT molecular complexity index is 868. The zero-order valence-corrected chi connectivity index (χ0v) is 18.1. The fourth-order valence-electron chi connectivity index (χ4n) is 6.00. The van der Waals surface area contributed by atoms with Crippen molar-refractivity contribution in [2.45, 2.75) is 50.5 Å². The highest BCUT2D eigenvalue weighted by Crippen LogP contribution is 2.51. The second-order valence-electron chi connectivity index (χ2n) is 9.11. The zero-order valence-electron chi connectivity index (χ0n) is 18.1. The van der Waals surface area contributed by atoms with Gasteiger partial charge in [0.1, 0.15) is 5.75 Å². The fraction of sp³-hybridized carbons (Fsp3) is 0.500. The van der Waals surface area contributed by atoms with E-state index in [1.807, 2.05) is 30.3 Å². The number of ether oxygens (including phenoxy) is 1. The number of carbonyl (C=O) groups is 1. The smallest absolute Gasteiger partial charge is 0.310 e. The molecule has 2 aliphatic rings. The fourth-order valence-corrected chi connectivity index (χ4v) is 6.00. The van der Waals surface area contributed by atoms with Crippen LogP contribution in [0.1, 0.15) is 43.7 Å². The van der Waals surface area contributed by atoms with Crippen molar-refractivity contribution in [2.24, 2.45) is 11.8 Å². The number of likely N-dealkylation sites (tertiary alicyclic amines) is 1. The predicted molar refractivity (Wildman–Crippen MR) is 118 cm³/mol. The predicted octanol–water partition coefficient (Wildman–Crippen LogP) is 4.56. The van der Waals surface area contributed by atoms with Crippen LogP contribution < -0.4 is 0 Å². The van der Waals surface area contributed by atoms with Crippen LogP contribution >= 0.6 is 0 Å². The van der Waals surface area contributed by atoms with Gasteiger partial charge in [0.15, 0.2) is 0 Å². The van der Waals surface area contributed by atoms with Crippen LogP contribution in [0.25, 0.3) is 0 Å². The van der Waals surface area contributed by atoms with Gasteiger partial charge >= 0.3 is 5.97 Å². The summed E-state index contributed by atoms with van der Waals surface area (Å²) in [6.45, 7) is 4.09. The summed E-state index contributed by atoms with van der Waals surface area (Å²) in [6, 6.07) is 18.5. The van der Waals surface area contributed by atoms with Crippen molar-refractivity contribution in [3.63, 3.8) is 0 Å². The first kappa shape index (κ1) is 20.9. The molecule has 1 aliphatic carbocycles. The van der Waals surface area contributed by atoms with E-state index in [-0.39, 0.29) is 17.3 Å². The second-order valence-corrected chi connectivity index (χ2v) is 9.11. The number of benzene rings is 2. The van der Waals surface area contributed by atoms with E-state index in [1.54, 1.807) is 6.07 Å². The third kappa shape index (κ3) is 3.98. The van der Waals surface area contributed by atoms with Gasteiger partial charge in [-0.3, -0.25) is 9.69 Å². The first-order valence-corrected chi connectivity index (χ1v) is 11.2. The number of rotatable bonds is 6. The van der Waals surface area contributed by atoms with Gasteiger partial charge in [0.05, 0.1) is 13.0 Å². The quantitative estimate of drug-likeness (QED) is 0.714. The molecule has 2 aromatic rings. The van der Waals surface area contributed by atoms with Crippen LogP contribution in [0.5, 0.6) is 5.75 Å². The molecule has 4 rings (SSSR count). The number of phenols is 1. The molecule has 30 heavy (non-hydrogen) atoms. The van der Waals surface area contributed by atoms with Gasteiger partial charge in [0.2, 0.25) is 0 Å². The Labute approximate surface area is 179 Å². The van der Waals surface area contributed by atoms with Crippen LogP contribution in [0.3, 0.4) is 0 Å². The van der Waals surface area contributed by atoms with Crippen molar-refractivity contribution >= 4 is 5.97 Å². The van der Waals surface area contributed by atoms with Crippen molar-refractivity contribution in [1.82, 2.24) is 4.90 Å². The Morgan fingerprint density at radius 3 is 2.73 bits per heavy atom. The summed E-state index contributed by atoms with van der Waals surface area (Å²) >= 11 is 0. The van der Waals surface area contributed by atoms with Crippen LogP contribution in [-0.4, -0.2) is 42.2 Å². The van der Waals surface area contributed by atoms with Gasteiger partial charge in [-0.05, 0) is 61.4 Å². The molecule has 1 aliphatic heterocycles. The molecule has 4 atom stereocenters. The highest BCUT2D eigenvalue weighted by molar-refractivity contribution is 5.73. The van der Waals surface area contributed by atoms with Crippen molar-refractivity contribution in [3.8, 4) is 5.75 Å². The number of nitrogens with zero attached hydrogens (tertiary/aromatic N) is 1. The maximum Gasteiger partial charge on any atom is 0.310 e. The minimum absolute atomic E-state index is 0.118. The van der Waals surface area contributed by atoms with E-state index in [0.717, 1.165) is 19.5 Å². The Kier molecular flexibility index (Phi) is 6.14. The number of hydrogen-bond acceptors (Lipinski definition) is 4. The van der Waals surface area contributed by atoms with Gasteiger partial charge in [0.25, 0.3) is 0 Å². The number of fused-ring (bicyclic) bond motifs is 2. The minimum Gasteiger partial charge on any atom is -0.508 e. The molecule has 0 radical (unpaired) electrons. The maximum absolute atomic E-state index is 12.6. The van der Waals surface area contributed by atoms with Gasteiger partial charge in [-0.15, -0.1) is 0 Å². The molecule has 2 aromatic carbocycles. The normalized spacial score (nSPS) is 27.4. The van der Waals surface area contributed by atoms with Gasteiger partial charge in [-0.25, -0.2) is 0 Å². The number of phenolic OH excluding ortho intramolecular Hbond substituents is 1. The van der Waals surface area contributed by atoms with Crippen molar-refractivity contribution < 1.29 is 14.6 Å². The van der Waals surface area contributed by atoms with Crippen LogP contribution in [0, 0.1) is 11.8 Å². The highest BCUT2D eigenvalue weighted by Gasteiger charge is 2.49. The molecule has 2 bridgehead atoms. The summed E-state index contributed by atoms with van der Waals surface area (Å²) in [7, 11) is 1.49. The Morgan fingerprint density at radius 1 is 1.20 bits per heavy atom. The van der Waals surface area contributed by atoms with Crippen LogP contribution in [-0.2, 0) is 21.4 Å². The molecule has 4 heteroatoms. The number of methoxy groups -OCH3 is 1. The zero-order chi connectivity index (χ0) is 21.1. The third-order valence-corrected chi connectivity index (χ3v) is 7.62. The van der Waals surface area contributed by atoms with Crippen LogP contribution in [0.4, 0.5) is 0 Å². The minimum atomic E-state index is -0.153. The van der Waals surface area contributed by atoms with Gasteiger partial charge < -0.3 is 9.84 Å². The first-order valence-electron chi connectivity index (χ1n) is 11.2. The summed E-state index contributed by atoms with van der Waals surface area (Å²) in [4.78, 5) is 15.1. The maximum atomic E-state index is 12.6. The van der Waals surface area contributed by atoms with Crippen molar-refractivity contribution in [1.29, 1.82) is 0 Å². The molecular formula is C26H33NO3. The van der Waals surface area contributed by atoms with E-state index >= 15 is 0 Å². The monoisotopic (exact) mass is 407 g/mol. The third-order valence-electron chi connectivity index (χ3n) is 7.62. The lowest BCUT2D eigenvalue weighted by atomic mass is 9.57. The molecular weight excluding hydrogens is 374 g/mol. The standard InChI is InChI=1S/C26H33NO3/c1-19-24-12-7-13-26(19,22-10-6-11-23(28)17-22)14-15-27(24)18-21(25(29)30-2)16-20-8-4-3-5-9-20/h3-6,8-11,17,19,21,24,28H,7,12-16,18H2,1-2H3/t19-,21?,24?,26?/m0/s1. The average Bonchev–Trinajstić information content (AvgIpc) is 2.75. The lowest BCUT2D eigenvalue weighted by Gasteiger charge is -2.56. The largest absolute Gasteiger partial charge is 0.508 e. The van der Waals surface area contributed by atoms with E-state index < -0.39 is 0 Å². The molecule has 2 fully saturated rings. The molecule has 4 nitrogen and oxygen atoms in total. The molecule has 1 heterocycles. The SMILES string of the molecule is COC(=O)C(Cc1ccccc1)CN1CCC2(c3cccc(O)c3)CCCC1[C@@H]2C. The van der Waals surface area contributed by atoms with E-state index in [9.17, 15) is 9.90 Å². The molecule has 1 saturated heterocycles. The van der Waals surface area contributed by atoms with Gasteiger partial charge in [-0.2, -0.15) is 0 Å². The number of carbonyl (C=O) groups excluding carboxylic acids is 1. The molecule has 0 amide bonds. The molecule has 0 aromatic heterocycles. The molecule has 1 N–H and O–H groups in total. The first-order chi connectivity index (χ1) is 14.5. The number of aromatic hydroxyl groups is 1. The Morgan fingerprint density at radius 2 is 2.00 bits per heavy atom. The lowest BCUT2D eigenvalue weighted by Crippen LogP contribution is -2.58.